The first-order valence-electron chi connectivity index (χ1n) is 6.78. The molecule has 3 N–H and O–H groups in total. The van der Waals surface area contributed by atoms with Gasteiger partial charge >= 0.3 is 0 Å². The number of para-hydroxylation sites is 1. The smallest absolute Gasteiger partial charge is 0.0587 e. The first kappa shape index (κ1) is 11.8. The summed E-state index contributed by atoms with van der Waals surface area (Å²) in [6, 6.07) is 9.12. The molecule has 1 heterocycles. The molecule has 1 atom stereocenters. The first-order chi connectivity index (χ1) is 8.86. The van der Waals surface area contributed by atoms with Gasteiger partial charge in [-0.15, -0.1) is 0 Å². The van der Waals surface area contributed by atoms with E-state index in [-0.39, 0.29) is 12.6 Å². The van der Waals surface area contributed by atoms with E-state index in [4.69, 9.17) is 0 Å². The van der Waals surface area contributed by atoms with Crippen LogP contribution in [0.1, 0.15) is 24.8 Å². The Bertz CT molecular complexity index is 516. The van der Waals surface area contributed by atoms with Crippen LogP contribution < -0.4 is 5.32 Å². The maximum atomic E-state index is 9.49. The Balaban J connectivity index is 1.73. The van der Waals surface area contributed by atoms with Crippen LogP contribution in [0, 0.1) is 0 Å². The van der Waals surface area contributed by atoms with Crippen molar-refractivity contribution in [3.05, 3.63) is 36.0 Å². The molecule has 1 aliphatic rings. The molecule has 2 aromatic rings. The maximum absolute atomic E-state index is 9.49. The molecule has 1 aromatic carbocycles. The summed E-state index contributed by atoms with van der Waals surface area (Å²) in [5, 5.41) is 14.3. The third-order valence-corrected chi connectivity index (χ3v) is 3.94. The number of aliphatic hydroxyl groups excluding tert-OH is 1. The fraction of sp³-hybridized carbons (Fsp3) is 0.467. The van der Waals surface area contributed by atoms with Gasteiger partial charge in [0.25, 0.3) is 0 Å². The predicted molar refractivity (Wildman–Crippen MR) is 73.7 cm³/mol. The summed E-state index contributed by atoms with van der Waals surface area (Å²) in [6.45, 7) is 0.204. The molecule has 0 radical (unpaired) electrons. The Hall–Kier alpha value is -1.32. The standard InChI is InChI=1S/C15H20N2O/c18-10-13(17-12-4-3-5-12)8-11-9-16-15-7-2-1-6-14(11)15/h1-2,6-7,9,12-13,16-18H,3-5,8,10H2/t13-/m0/s1. The van der Waals surface area contributed by atoms with Gasteiger partial charge in [0, 0.05) is 29.2 Å². The van der Waals surface area contributed by atoms with E-state index in [2.05, 4.69) is 34.7 Å². The van der Waals surface area contributed by atoms with E-state index in [1.807, 2.05) is 6.07 Å². The minimum atomic E-state index is 0.175. The molecule has 0 saturated heterocycles. The minimum Gasteiger partial charge on any atom is -0.395 e. The number of H-pyrrole nitrogens is 1. The Morgan fingerprint density at radius 2 is 2.17 bits per heavy atom. The van der Waals surface area contributed by atoms with E-state index in [1.54, 1.807) is 0 Å². The molecule has 0 unspecified atom stereocenters. The highest BCUT2D eigenvalue weighted by molar-refractivity contribution is 5.83. The van der Waals surface area contributed by atoms with Crippen LogP contribution >= 0.6 is 0 Å². The molecule has 3 nitrogen and oxygen atoms in total. The van der Waals surface area contributed by atoms with Crippen molar-refractivity contribution in [1.29, 1.82) is 0 Å². The van der Waals surface area contributed by atoms with Crippen LogP contribution in [0.3, 0.4) is 0 Å². The van der Waals surface area contributed by atoms with Crippen LogP contribution in [-0.4, -0.2) is 28.8 Å². The van der Waals surface area contributed by atoms with Crippen LogP contribution in [-0.2, 0) is 6.42 Å². The highest BCUT2D eigenvalue weighted by atomic mass is 16.3. The lowest BCUT2D eigenvalue weighted by molar-refractivity contribution is 0.207. The van der Waals surface area contributed by atoms with E-state index in [1.165, 1.54) is 35.7 Å². The number of hydrogen-bond donors (Lipinski definition) is 3. The van der Waals surface area contributed by atoms with Crippen molar-refractivity contribution in [2.75, 3.05) is 6.61 Å². The Labute approximate surface area is 107 Å². The van der Waals surface area contributed by atoms with E-state index in [0.717, 1.165) is 6.42 Å². The first-order valence-corrected chi connectivity index (χ1v) is 6.78. The van der Waals surface area contributed by atoms with Crippen molar-refractivity contribution in [3.63, 3.8) is 0 Å². The molecule has 1 fully saturated rings. The van der Waals surface area contributed by atoms with Crippen molar-refractivity contribution in [1.82, 2.24) is 10.3 Å². The monoisotopic (exact) mass is 244 g/mol. The molecule has 3 heteroatoms. The fourth-order valence-corrected chi connectivity index (χ4v) is 2.65. The Morgan fingerprint density at radius 3 is 2.89 bits per heavy atom. The average Bonchev–Trinajstić information content (AvgIpc) is 2.75. The predicted octanol–water partition coefficient (Wildman–Crippen LogP) is 2.21. The van der Waals surface area contributed by atoms with E-state index < -0.39 is 0 Å². The normalized spacial score (nSPS) is 17.8. The zero-order chi connectivity index (χ0) is 12.4. The van der Waals surface area contributed by atoms with Crippen molar-refractivity contribution in [2.24, 2.45) is 0 Å². The second-order valence-electron chi connectivity index (χ2n) is 5.24. The number of aliphatic hydroxyl groups is 1. The van der Waals surface area contributed by atoms with Gasteiger partial charge < -0.3 is 15.4 Å². The fourth-order valence-electron chi connectivity index (χ4n) is 2.65. The van der Waals surface area contributed by atoms with Gasteiger partial charge in [-0.1, -0.05) is 24.6 Å². The summed E-state index contributed by atoms with van der Waals surface area (Å²) in [6.07, 6.45) is 6.78. The van der Waals surface area contributed by atoms with Crippen molar-refractivity contribution >= 4 is 10.9 Å². The summed E-state index contributed by atoms with van der Waals surface area (Å²) in [4.78, 5) is 3.29. The second-order valence-corrected chi connectivity index (χ2v) is 5.24. The van der Waals surface area contributed by atoms with Crippen LogP contribution in [0.4, 0.5) is 0 Å². The van der Waals surface area contributed by atoms with Crippen LogP contribution in [0.5, 0.6) is 0 Å². The quantitative estimate of drug-likeness (QED) is 0.755. The van der Waals surface area contributed by atoms with Gasteiger partial charge in [-0.25, -0.2) is 0 Å². The molecule has 1 aliphatic carbocycles. The molecular weight excluding hydrogens is 224 g/mol. The third kappa shape index (κ3) is 2.28. The van der Waals surface area contributed by atoms with Crippen molar-refractivity contribution < 1.29 is 5.11 Å². The summed E-state index contributed by atoms with van der Waals surface area (Å²) < 4.78 is 0. The summed E-state index contributed by atoms with van der Waals surface area (Å²) in [5.41, 5.74) is 2.46. The molecule has 1 aromatic heterocycles. The lowest BCUT2D eigenvalue weighted by Crippen LogP contribution is -2.45. The second kappa shape index (κ2) is 5.12. The zero-order valence-corrected chi connectivity index (χ0v) is 10.5. The van der Waals surface area contributed by atoms with Gasteiger partial charge in [-0.2, -0.15) is 0 Å². The lowest BCUT2D eigenvalue weighted by atomic mass is 9.91. The largest absolute Gasteiger partial charge is 0.395 e. The molecule has 0 bridgehead atoms. The molecule has 96 valence electrons. The van der Waals surface area contributed by atoms with Gasteiger partial charge in [0.05, 0.1) is 6.61 Å². The number of nitrogens with one attached hydrogen (secondary N) is 2. The van der Waals surface area contributed by atoms with Gasteiger partial charge in [0.1, 0.15) is 0 Å². The maximum Gasteiger partial charge on any atom is 0.0587 e. The van der Waals surface area contributed by atoms with Crippen LogP contribution in [0.25, 0.3) is 10.9 Å². The van der Waals surface area contributed by atoms with E-state index in [0.29, 0.717) is 6.04 Å². The van der Waals surface area contributed by atoms with E-state index in [9.17, 15) is 5.11 Å². The van der Waals surface area contributed by atoms with Crippen LogP contribution in [0.15, 0.2) is 30.5 Å². The number of aromatic nitrogens is 1. The topological polar surface area (TPSA) is 48.0 Å². The Kier molecular flexibility index (Phi) is 3.35. The minimum absolute atomic E-state index is 0.175. The highest BCUT2D eigenvalue weighted by Gasteiger charge is 2.21. The van der Waals surface area contributed by atoms with Crippen molar-refractivity contribution in [3.8, 4) is 0 Å². The van der Waals surface area contributed by atoms with Gasteiger partial charge in [-0.3, -0.25) is 0 Å². The molecular formula is C15H20N2O. The Morgan fingerprint density at radius 1 is 1.33 bits per heavy atom. The van der Waals surface area contributed by atoms with Gasteiger partial charge in [0.2, 0.25) is 0 Å². The van der Waals surface area contributed by atoms with Crippen LogP contribution in [0.2, 0.25) is 0 Å². The summed E-state index contributed by atoms with van der Waals surface area (Å²) >= 11 is 0. The summed E-state index contributed by atoms with van der Waals surface area (Å²) in [7, 11) is 0. The molecule has 0 spiro atoms. The SMILES string of the molecule is OC[C@H](Cc1c[nH]c2ccccc12)NC1CCC1. The molecule has 0 aliphatic heterocycles. The lowest BCUT2D eigenvalue weighted by Gasteiger charge is -2.30. The van der Waals surface area contributed by atoms with Gasteiger partial charge in [-0.05, 0) is 30.9 Å². The third-order valence-electron chi connectivity index (χ3n) is 3.94. The molecule has 18 heavy (non-hydrogen) atoms. The number of hydrogen-bond acceptors (Lipinski definition) is 2. The number of benzene rings is 1. The molecule has 1 saturated carbocycles. The van der Waals surface area contributed by atoms with Gasteiger partial charge in [0.15, 0.2) is 0 Å². The number of aromatic amines is 1. The highest BCUT2D eigenvalue weighted by Crippen LogP contribution is 2.22. The average molecular weight is 244 g/mol. The summed E-state index contributed by atoms with van der Waals surface area (Å²) in [5.74, 6) is 0. The zero-order valence-electron chi connectivity index (χ0n) is 10.5. The number of fused-ring (bicyclic) bond motifs is 1. The molecule has 3 rings (SSSR count). The number of rotatable bonds is 5. The molecule has 0 amide bonds. The van der Waals surface area contributed by atoms with Crippen molar-refractivity contribution in [2.45, 2.75) is 37.8 Å². The van der Waals surface area contributed by atoms with E-state index >= 15 is 0 Å².